The molecular weight excluding hydrogens is 332 g/mol. The minimum absolute atomic E-state index is 0.177. The summed E-state index contributed by atoms with van der Waals surface area (Å²) in [6, 6.07) is 11.3. The van der Waals surface area contributed by atoms with Crippen LogP contribution >= 0.6 is 0 Å². The van der Waals surface area contributed by atoms with Gasteiger partial charge in [0.05, 0.1) is 12.1 Å². The monoisotopic (exact) mass is 350 g/mol. The van der Waals surface area contributed by atoms with Gasteiger partial charge in [0.25, 0.3) is 5.91 Å². The van der Waals surface area contributed by atoms with E-state index >= 15 is 0 Å². The second kappa shape index (κ2) is 6.25. The van der Waals surface area contributed by atoms with Gasteiger partial charge in [-0.3, -0.25) is 9.59 Å². The highest BCUT2D eigenvalue weighted by Gasteiger charge is 2.41. The molecule has 1 saturated heterocycles. The Morgan fingerprint density at radius 3 is 2.65 bits per heavy atom. The lowest BCUT2D eigenvalue weighted by Crippen LogP contribution is -2.30. The molecule has 2 atom stereocenters. The molecule has 0 bridgehead atoms. The van der Waals surface area contributed by atoms with Gasteiger partial charge < -0.3 is 10.0 Å². The smallest absolute Gasteiger partial charge is 0.308 e. The second-order valence-electron chi connectivity index (χ2n) is 6.57. The van der Waals surface area contributed by atoms with Crippen LogP contribution in [0.4, 0.5) is 0 Å². The van der Waals surface area contributed by atoms with Crippen LogP contribution in [0, 0.1) is 12.8 Å². The minimum Gasteiger partial charge on any atom is -0.481 e. The van der Waals surface area contributed by atoms with Gasteiger partial charge in [-0.2, -0.15) is 5.10 Å². The van der Waals surface area contributed by atoms with E-state index in [2.05, 4.69) is 10.1 Å². The summed E-state index contributed by atoms with van der Waals surface area (Å²) in [6.07, 6.45) is 3.25. The summed E-state index contributed by atoms with van der Waals surface area (Å²) < 4.78 is 1.56. The molecule has 7 nitrogen and oxygen atoms in total. The number of aromatic nitrogens is 3. The van der Waals surface area contributed by atoms with Gasteiger partial charge in [0.1, 0.15) is 5.56 Å². The van der Waals surface area contributed by atoms with Gasteiger partial charge in [0, 0.05) is 30.9 Å². The number of carbonyl (C=O) groups excluding carboxylic acids is 1. The molecule has 0 aliphatic carbocycles. The molecule has 1 fully saturated rings. The van der Waals surface area contributed by atoms with Crippen molar-refractivity contribution in [3.63, 3.8) is 0 Å². The molecule has 3 aromatic rings. The van der Waals surface area contributed by atoms with Crippen molar-refractivity contribution in [1.82, 2.24) is 19.5 Å². The Bertz CT molecular complexity index is 983. The summed E-state index contributed by atoms with van der Waals surface area (Å²) >= 11 is 0. The quantitative estimate of drug-likeness (QED) is 0.780. The van der Waals surface area contributed by atoms with Crippen molar-refractivity contribution in [3.8, 4) is 0 Å². The van der Waals surface area contributed by atoms with Crippen LogP contribution in [0.15, 0.2) is 48.8 Å². The van der Waals surface area contributed by atoms with E-state index in [4.69, 9.17) is 0 Å². The van der Waals surface area contributed by atoms with Crippen LogP contribution in [-0.4, -0.2) is 49.6 Å². The molecule has 4 rings (SSSR count). The van der Waals surface area contributed by atoms with Crippen molar-refractivity contribution < 1.29 is 14.7 Å². The molecule has 1 N–H and O–H groups in total. The largest absolute Gasteiger partial charge is 0.481 e. The second-order valence-corrected chi connectivity index (χ2v) is 6.57. The Labute approximate surface area is 149 Å². The fraction of sp³-hybridized carbons (Fsp3) is 0.263. The fourth-order valence-corrected chi connectivity index (χ4v) is 3.54. The first-order chi connectivity index (χ1) is 12.5. The number of benzene rings is 1. The SMILES string of the molecule is Cc1ccn2ncc(C(=O)N3C[C@H](C(=O)O)[C@H](c4ccccc4)C3)c2n1. The van der Waals surface area contributed by atoms with E-state index < -0.39 is 11.9 Å². The van der Waals surface area contributed by atoms with Gasteiger partial charge in [0.15, 0.2) is 5.65 Å². The average Bonchev–Trinajstić information content (AvgIpc) is 3.26. The molecule has 7 heteroatoms. The van der Waals surface area contributed by atoms with Gasteiger partial charge in [0.2, 0.25) is 0 Å². The maximum Gasteiger partial charge on any atom is 0.308 e. The van der Waals surface area contributed by atoms with Gasteiger partial charge in [-0.05, 0) is 18.6 Å². The molecule has 0 spiro atoms. The van der Waals surface area contributed by atoms with Crippen LogP contribution in [0.2, 0.25) is 0 Å². The van der Waals surface area contributed by atoms with E-state index in [0.717, 1.165) is 11.3 Å². The van der Waals surface area contributed by atoms with E-state index in [-0.39, 0.29) is 18.4 Å². The molecule has 1 aromatic carbocycles. The van der Waals surface area contributed by atoms with Gasteiger partial charge >= 0.3 is 5.97 Å². The number of aryl methyl sites for hydroxylation is 1. The van der Waals surface area contributed by atoms with Crippen LogP contribution < -0.4 is 0 Å². The molecule has 1 amide bonds. The number of aliphatic carboxylic acids is 1. The van der Waals surface area contributed by atoms with Crippen molar-refractivity contribution >= 4 is 17.5 Å². The number of rotatable bonds is 3. The highest BCUT2D eigenvalue weighted by molar-refractivity contribution is 6.00. The Morgan fingerprint density at radius 1 is 1.15 bits per heavy atom. The predicted molar refractivity (Wildman–Crippen MR) is 93.9 cm³/mol. The summed E-state index contributed by atoms with van der Waals surface area (Å²) in [7, 11) is 0. The van der Waals surface area contributed by atoms with E-state index in [0.29, 0.717) is 17.8 Å². The third-order valence-corrected chi connectivity index (χ3v) is 4.89. The topological polar surface area (TPSA) is 87.8 Å². The van der Waals surface area contributed by atoms with Crippen molar-refractivity contribution in [2.75, 3.05) is 13.1 Å². The molecule has 1 aliphatic rings. The number of carboxylic acid groups (broad SMARTS) is 1. The van der Waals surface area contributed by atoms with Crippen LogP contribution in [0.25, 0.3) is 5.65 Å². The van der Waals surface area contributed by atoms with Crippen molar-refractivity contribution in [3.05, 3.63) is 65.6 Å². The number of carboxylic acids is 1. The number of likely N-dealkylation sites (tertiary alicyclic amines) is 1. The first kappa shape index (κ1) is 16.3. The van der Waals surface area contributed by atoms with E-state index in [1.807, 2.05) is 43.3 Å². The first-order valence-corrected chi connectivity index (χ1v) is 8.42. The van der Waals surface area contributed by atoms with E-state index in [1.54, 1.807) is 15.6 Å². The molecule has 2 aromatic heterocycles. The molecule has 26 heavy (non-hydrogen) atoms. The fourth-order valence-electron chi connectivity index (χ4n) is 3.54. The number of hydrogen-bond acceptors (Lipinski definition) is 4. The lowest BCUT2D eigenvalue weighted by Gasteiger charge is -2.16. The summed E-state index contributed by atoms with van der Waals surface area (Å²) in [4.78, 5) is 30.7. The lowest BCUT2D eigenvalue weighted by molar-refractivity contribution is -0.141. The van der Waals surface area contributed by atoms with E-state index in [1.165, 1.54) is 6.20 Å². The molecular formula is C19H18N4O3. The Balaban J connectivity index is 1.66. The van der Waals surface area contributed by atoms with Crippen LogP contribution in [0.5, 0.6) is 0 Å². The Hall–Kier alpha value is -3.22. The number of carbonyl (C=O) groups is 2. The zero-order chi connectivity index (χ0) is 18.3. The van der Waals surface area contributed by atoms with E-state index in [9.17, 15) is 14.7 Å². The summed E-state index contributed by atoms with van der Waals surface area (Å²) in [5, 5.41) is 13.8. The van der Waals surface area contributed by atoms with Crippen molar-refractivity contribution in [1.29, 1.82) is 0 Å². The van der Waals surface area contributed by atoms with Gasteiger partial charge in [-0.1, -0.05) is 30.3 Å². The third-order valence-electron chi connectivity index (χ3n) is 4.89. The van der Waals surface area contributed by atoms with Crippen molar-refractivity contribution in [2.24, 2.45) is 5.92 Å². The van der Waals surface area contributed by atoms with Crippen LogP contribution in [-0.2, 0) is 4.79 Å². The molecule has 1 aliphatic heterocycles. The lowest BCUT2D eigenvalue weighted by atomic mass is 9.89. The average molecular weight is 350 g/mol. The summed E-state index contributed by atoms with van der Waals surface area (Å²) in [6.45, 7) is 2.39. The Kier molecular flexibility index (Phi) is 3.91. The van der Waals surface area contributed by atoms with Crippen molar-refractivity contribution in [2.45, 2.75) is 12.8 Å². The normalized spacial score (nSPS) is 19.8. The number of amides is 1. The van der Waals surface area contributed by atoms with Gasteiger partial charge in [-0.15, -0.1) is 0 Å². The van der Waals surface area contributed by atoms with Gasteiger partial charge in [-0.25, -0.2) is 9.50 Å². The maximum absolute atomic E-state index is 13.0. The predicted octanol–water partition coefficient (Wildman–Crippen LogP) is 1.98. The first-order valence-electron chi connectivity index (χ1n) is 8.42. The zero-order valence-corrected chi connectivity index (χ0v) is 14.2. The highest BCUT2D eigenvalue weighted by Crippen LogP contribution is 2.33. The molecule has 3 heterocycles. The summed E-state index contributed by atoms with van der Waals surface area (Å²) in [5.41, 5.74) is 2.61. The standard InChI is InChI=1S/C19H18N4O3/c1-12-7-8-23-17(21-12)14(9-20-23)18(24)22-10-15(16(11-22)19(25)26)13-5-3-2-4-6-13/h2-9,15-16H,10-11H2,1H3,(H,25,26)/t15-,16-/m0/s1. The zero-order valence-electron chi connectivity index (χ0n) is 14.2. The molecule has 0 radical (unpaired) electrons. The maximum atomic E-state index is 13.0. The molecule has 0 saturated carbocycles. The highest BCUT2D eigenvalue weighted by atomic mass is 16.4. The number of nitrogens with zero attached hydrogens (tertiary/aromatic N) is 4. The molecule has 132 valence electrons. The minimum atomic E-state index is -0.886. The molecule has 0 unspecified atom stereocenters. The number of fused-ring (bicyclic) bond motifs is 1. The Morgan fingerprint density at radius 2 is 1.92 bits per heavy atom. The third kappa shape index (κ3) is 2.71. The van der Waals surface area contributed by atoms with Crippen LogP contribution in [0.1, 0.15) is 27.5 Å². The van der Waals surface area contributed by atoms with Crippen LogP contribution in [0.3, 0.4) is 0 Å². The summed E-state index contributed by atoms with van der Waals surface area (Å²) in [5.74, 6) is -1.97. The number of hydrogen-bond donors (Lipinski definition) is 1.